The fourth-order valence-corrected chi connectivity index (χ4v) is 6.36. The highest BCUT2D eigenvalue weighted by Gasteiger charge is 2.39. The van der Waals surface area contributed by atoms with Crippen LogP contribution in [0, 0.1) is 0 Å². The van der Waals surface area contributed by atoms with Crippen molar-refractivity contribution in [2.75, 3.05) is 26.0 Å². The van der Waals surface area contributed by atoms with Crippen LogP contribution in [-0.2, 0) is 20.2 Å². The Kier molecular flexibility index (Phi) is 6.45. The van der Waals surface area contributed by atoms with E-state index in [9.17, 15) is 8.42 Å². The van der Waals surface area contributed by atoms with E-state index in [1.165, 1.54) is 11.8 Å². The second kappa shape index (κ2) is 8.77. The zero-order chi connectivity index (χ0) is 21.4. The van der Waals surface area contributed by atoms with Gasteiger partial charge in [-0.25, -0.2) is 13.1 Å². The Morgan fingerprint density at radius 1 is 1.17 bits per heavy atom. The van der Waals surface area contributed by atoms with E-state index in [0.29, 0.717) is 6.61 Å². The lowest BCUT2D eigenvalue weighted by Gasteiger charge is -2.42. The minimum absolute atomic E-state index is 0.00665. The molecular formula is C23H36N2O4S. The van der Waals surface area contributed by atoms with E-state index in [-0.39, 0.29) is 29.7 Å². The number of nitrogens with zero attached hydrogens (tertiary/aromatic N) is 1. The number of para-hydroxylation sites is 1. The molecule has 4 aliphatic rings. The Hall–Kier alpha value is -1.15. The number of hydrogen-bond acceptors (Lipinski definition) is 5. The normalized spacial score (nSPS) is 35.8. The molecule has 1 saturated carbocycles. The van der Waals surface area contributed by atoms with E-state index in [2.05, 4.69) is 47.7 Å². The molecule has 2 bridgehead atoms. The summed E-state index contributed by atoms with van der Waals surface area (Å²) in [5.41, 5.74) is 1.42. The summed E-state index contributed by atoms with van der Waals surface area (Å²) in [6, 6.07) is 8.40. The Morgan fingerprint density at radius 2 is 1.90 bits per heavy atom. The van der Waals surface area contributed by atoms with Crippen molar-refractivity contribution in [3.05, 3.63) is 29.8 Å². The lowest BCUT2D eigenvalue weighted by atomic mass is 9.70. The van der Waals surface area contributed by atoms with Gasteiger partial charge in [-0.3, -0.25) is 4.90 Å². The van der Waals surface area contributed by atoms with Crippen LogP contribution in [0.5, 0.6) is 5.75 Å². The van der Waals surface area contributed by atoms with Crippen LogP contribution < -0.4 is 9.46 Å². The van der Waals surface area contributed by atoms with Gasteiger partial charge in [-0.05, 0) is 63.5 Å². The monoisotopic (exact) mass is 436 g/mol. The maximum atomic E-state index is 12.0. The van der Waals surface area contributed by atoms with Crippen LogP contribution in [0.3, 0.4) is 0 Å². The lowest BCUT2D eigenvalue weighted by molar-refractivity contribution is -0.0365. The van der Waals surface area contributed by atoms with Gasteiger partial charge in [0.25, 0.3) is 0 Å². The average molecular weight is 437 g/mol. The third kappa shape index (κ3) is 5.01. The highest BCUT2D eigenvalue weighted by atomic mass is 32.2. The average Bonchev–Trinajstić information content (AvgIpc) is 2.68. The van der Waals surface area contributed by atoms with Gasteiger partial charge < -0.3 is 9.47 Å². The molecule has 1 aromatic rings. The summed E-state index contributed by atoms with van der Waals surface area (Å²) in [5, 5.41) is 0. The molecule has 3 atom stereocenters. The fraction of sp³-hybridized carbons (Fsp3) is 0.739. The van der Waals surface area contributed by atoms with Crippen LogP contribution in [-0.4, -0.2) is 63.6 Å². The Balaban J connectivity index is 1.63. The second-order valence-corrected chi connectivity index (χ2v) is 11.5. The first-order chi connectivity index (χ1) is 14.2. The number of rotatable bonds is 2. The molecule has 2 fully saturated rings. The van der Waals surface area contributed by atoms with Crippen LogP contribution in [0.4, 0.5) is 0 Å². The van der Waals surface area contributed by atoms with E-state index in [4.69, 9.17) is 9.47 Å². The number of nitrogens with one attached hydrogen (secondary N) is 1. The maximum absolute atomic E-state index is 12.0. The number of fused-ring (bicyclic) bond motifs is 5. The van der Waals surface area contributed by atoms with Gasteiger partial charge in [-0.1, -0.05) is 25.1 Å². The standard InChI is InChI=1S/C23H36N2O4S/c1-17-15-25-14-6-8-20(24-30(3,26)27)21(25)16-28-18-10-12-23(2,13-11-18)19-7-4-5-9-22(19)29-17/h4-5,7,9,17-18,20-21,24H,6,8,10-16H2,1-3H3/t17-,18?,20?,21?,23?/m0/s1. The van der Waals surface area contributed by atoms with E-state index in [1.54, 1.807) is 0 Å². The van der Waals surface area contributed by atoms with Gasteiger partial charge in [-0.2, -0.15) is 0 Å². The highest BCUT2D eigenvalue weighted by Crippen LogP contribution is 2.44. The predicted octanol–water partition coefficient (Wildman–Crippen LogP) is 3.07. The molecule has 1 aromatic carbocycles. The fourth-order valence-electron chi connectivity index (χ4n) is 5.54. The second-order valence-electron chi connectivity index (χ2n) is 9.72. The maximum Gasteiger partial charge on any atom is 0.209 e. The van der Waals surface area contributed by atoms with Crippen molar-refractivity contribution in [1.29, 1.82) is 0 Å². The molecule has 0 aromatic heterocycles. The number of benzene rings is 1. The lowest BCUT2D eigenvalue weighted by Crippen LogP contribution is -2.58. The third-order valence-corrected chi connectivity index (χ3v) is 7.89. The molecule has 6 nitrogen and oxygen atoms in total. The number of hydrogen-bond donors (Lipinski definition) is 1. The highest BCUT2D eigenvalue weighted by molar-refractivity contribution is 7.88. The summed E-state index contributed by atoms with van der Waals surface area (Å²) < 4.78 is 39.7. The summed E-state index contributed by atoms with van der Waals surface area (Å²) in [7, 11) is -3.27. The van der Waals surface area contributed by atoms with Crippen LogP contribution in [0.2, 0.25) is 0 Å². The molecule has 3 heterocycles. The van der Waals surface area contributed by atoms with Gasteiger partial charge >= 0.3 is 0 Å². The van der Waals surface area contributed by atoms with Gasteiger partial charge in [0, 0.05) is 24.2 Å². The SMILES string of the molecule is C[C@H]1CN2CCCC(NS(C)(=O)=O)C2COC2CCC(C)(CC2)c2ccccc2O1. The molecule has 168 valence electrons. The molecule has 5 rings (SSSR count). The molecule has 0 amide bonds. The van der Waals surface area contributed by atoms with E-state index < -0.39 is 10.0 Å². The van der Waals surface area contributed by atoms with Gasteiger partial charge in [0.1, 0.15) is 11.9 Å². The van der Waals surface area contributed by atoms with Crippen molar-refractivity contribution in [2.45, 2.75) is 82.1 Å². The van der Waals surface area contributed by atoms with E-state index in [0.717, 1.165) is 57.4 Å². The molecule has 2 unspecified atom stereocenters. The summed E-state index contributed by atoms with van der Waals surface area (Å²) in [6.45, 7) is 6.72. The molecule has 1 N–H and O–H groups in total. The van der Waals surface area contributed by atoms with Gasteiger partial charge in [0.05, 0.1) is 19.0 Å². The van der Waals surface area contributed by atoms with Crippen molar-refractivity contribution >= 4 is 10.0 Å². The van der Waals surface area contributed by atoms with Crippen LogP contribution >= 0.6 is 0 Å². The number of ether oxygens (including phenoxy) is 2. The zero-order valence-corrected chi connectivity index (χ0v) is 19.3. The zero-order valence-electron chi connectivity index (χ0n) is 18.5. The quantitative estimate of drug-likeness (QED) is 0.772. The molecule has 30 heavy (non-hydrogen) atoms. The first kappa shape index (κ1) is 22.1. The number of sulfonamides is 1. The Labute approximate surface area is 181 Å². The minimum Gasteiger partial charge on any atom is -0.489 e. The number of piperidine rings is 1. The molecule has 0 radical (unpaired) electrons. The van der Waals surface area contributed by atoms with Gasteiger partial charge in [-0.15, -0.1) is 0 Å². The molecule has 7 heteroatoms. The molecule has 0 spiro atoms. The smallest absolute Gasteiger partial charge is 0.209 e. The Bertz CT molecular complexity index is 835. The van der Waals surface area contributed by atoms with Crippen LogP contribution in [0.1, 0.15) is 57.9 Å². The summed E-state index contributed by atoms with van der Waals surface area (Å²) in [6.07, 6.45) is 7.51. The molecule has 3 aliphatic heterocycles. The van der Waals surface area contributed by atoms with Gasteiger partial charge in [0.15, 0.2) is 0 Å². The topological polar surface area (TPSA) is 67.9 Å². The van der Waals surface area contributed by atoms with Crippen molar-refractivity contribution in [3.63, 3.8) is 0 Å². The Morgan fingerprint density at radius 3 is 2.63 bits per heavy atom. The minimum atomic E-state index is -3.27. The van der Waals surface area contributed by atoms with Crippen LogP contribution in [0.25, 0.3) is 0 Å². The predicted molar refractivity (Wildman–Crippen MR) is 118 cm³/mol. The van der Waals surface area contributed by atoms with E-state index >= 15 is 0 Å². The summed E-state index contributed by atoms with van der Waals surface area (Å²) in [5.74, 6) is 0.991. The van der Waals surface area contributed by atoms with Crippen molar-refractivity contribution in [3.8, 4) is 5.75 Å². The molecular weight excluding hydrogens is 400 g/mol. The van der Waals surface area contributed by atoms with Crippen LogP contribution in [0.15, 0.2) is 24.3 Å². The first-order valence-electron chi connectivity index (χ1n) is 11.3. The first-order valence-corrected chi connectivity index (χ1v) is 13.2. The third-order valence-electron chi connectivity index (χ3n) is 7.16. The van der Waals surface area contributed by atoms with E-state index in [1.807, 2.05) is 0 Å². The molecule has 1 saturated heterocycles. The summed E-state index contributed by atoms with van der Waals surface area (Å²) >= 11 is 0. The van der Waals surface area contributed by atoms with Crippen molar-refractivity contribution in [2.24, 2.45) is 0 Å². The molecule has 1 aliphatic carbocycles. The largest absolute Gasteiger partial charge is 0.489 e. The van der Waals surface area contributed by atoms with Crippen molar-refractivity contribution in [1.82, 2.24) is 9.62 Å². The van der Waals surface area contributed by atoms with Crippen molar-refractivity contribution < 1.29 is 17.9 Å². The van der Waals surface area contributed by atoms with Gasteiger partial charge in [0.2, 0.25) is 10.0 Å². The summed E-state index contributed by atoms with van der Waals surface area (Å²) in [4.78, 5) is 2.37.